The molecule has 2 rings (SSSR count). The van der Waals surface area contributed by atoms with Gasteiger partial charge in [-0.3, -0.25) is 0 Å². The number of hydrazine groups is 1. The molecule has 0 aliphatic carbocycles. The van der Waals surface area contributed by atoms with Gasteiger partial charge in [0.15, 0.2) is 0 Å². The van der Waals surface area contributed by atoms with E-state index >= 15 is 0 Å². The van der Waals surface area contributed by atoms with E-state index in [2.05, 4.69) is 21.8 Å². The Hall–Kier alpha value is -0.920. The first-order valence-electron chi connectivity index (χ1n) is 6.61. The molecule has 2 heterocycles. The highest BCUT2D eigenvalue weighted by Crippen LogP contribution is 2.31. The molecule has 3 atom stereocenters. The van der Waals surface area contributed by atoms with Gasteiger partial charge in [0, 0.05) is 13.1 Å². The molecule has 0 aromatic heterocycles. The van der Waals surface area contributed by atoms with Gasteiger partial charge in [0.1, 0.15) is 6.29 Å². The number of hydrogen-bond acceptors (Lipinski definition) is 3. The van der Waals surface area contributed by atoms with Crippen LogP contribution in [0, 0.1) is 12.5 Å². The van der Waals surface area contributed by atoms with E-state index in [4.69, 9.17) is 6.57 Å². The maximum Gasteiger partial charge on any atom is 0.231 e. The van der Waals surface area contributed by atoms with Crippen LogP contribution in [0.4, 0.5) is 0 Å². The summed E-state index contributed by atoms with van der Waals surface area (Å²) in [6.07, 6.45) is 5.43. The molecule has 0 aromatic rings. The Morgan fingerprint density at radius 1 is 1.47 bits per heavy atom. The maximum absolute atomic E-state index is 11.1. The van der Waals surface area contributed by atoms with Crippen LogP contribution < -0.4 is 0 Å². The summed E-state index contributed by atoms with van der Waals surface area (Å²) in [6, 6.07) is 0.386. The van der Waals surface area contributed by atoms with Gasteiger partial charge in [-0.05, 0) is 25.2 Å². The second-order valence-electron chi connectivity index (χ2n) is 5.14. The fourth-order valence-electron chi connectivity index (χ4n) is 3.11. The molecule has 2 aliphatic rings. The molecule has 94 valence electrons. The predicted molar refractivity (Wildman–Crippen MR) is 66.2 cm³/mol. The standard InChI is InChI=1S/C13H21N3O/c1-3-11-7-13(8-14-2)16(9-11)15-6-4-5-12(15)10-17/h10-13H,3-9H2,1H3/t11-,12+,13+/m1/s1. The second kappa shape index (κ2) is 5.61. The quantitative estimate of drug-likeness (QED) is 0.547. The summed E-state index contributed by atoms with van der Waals surface area (Å²) in [5.74, 6) is 0.689. The number of carbonyl (C=O) groups excluding carboxylic acids is 1. The topological polar surface area (TPSA) is 27.9 Å². The zero-order valence-corrected chi connectivity index (χ0v) is 10.5. The van der Waals surface area contributed by atoms with Crippen LogP contribution in [0.2, 0.25) is 0 Å². The van der Waals surface area contributed by atoms with E-state index < -0.39 is 0 Å². The molecule has 17 heavy (non-hydrogen) atoms. The highest BCUT2D eigenvalue weighted by Gasteiger charge is 2.40. The van der Waals surface area contributed by atoms with Crippen molar-refractivity contribution in [3.05, 3.63) is 11.4 Å². The van der Waals surface area contributed by atoms with Crippen molar-refractivity contribution in [3.63, 3.8) is 0 Å². The first kappa shape index (κ1) is 12.5. The first-order valence-corrected chi connectivity index (χ1v) is 6.61. The summed E-state index contributed by atoms with van der Waals surface area (Å²) in [4.78, 5) is 14.6. The van der Waals surface area contributed by atoms with Gasteiger partial charge in [-0.15, -0.1) is 0 Å². The van der Waals surface area contributed by atoms with E-state index in [0.717, 1.165) is 38.6 Å². The number of carbonyl (C=O) groups is 1. The minimum absolute atomic E-state index is 0.0545. The minimum atomic E-state index is 0.0545. The summed E-state index contributed by atoms with van der Waals surface area (Å²) < 4.78 is 0. The van der Waals surface area contributed by atoms with Crippen LogP contribution in [-0.4, -0.2) is 48.0 Å². The third-order valence-electron chi connectivity index (χ3n) is 4.11. The molecular formula is C13H21N3O. The van der Waals surface area contributed by atoms with Crippen molar-refractivity contribution in [2.75, 3.05) is 19.6 Å². The van der Waals surface area contributed by atoms with Crippen LogP contribution in [0.3, 0.4) is 0 Å². The Balaban J connectivity index is 2.06. The molecule has 4 heteroatoms. The lowest BCUT2D eigenvalue weighted by atomic mass is 10.0. The molecule has 2 saturated heterocycles. The van der Waals surface area contributed by atoms with E-state index in [0.29, 0.717) is 18.5 Å². The van der Waals surface area contributed by atoms with Crippen molar-refractivity contribution >= 4 is 6.29 Å². The zero-order valence-electron chi connectivity index (χ0n) is 10.5. The van der Waals surface area contributed by atoms with Crippen LogP contribution in [0.1, 0.15) is 32.6 Å². The summed E-state index contributed by atoms with van der Waals surface area (Å²) in [7, 11) is 0. The molecule has 0 amide bonds. The molecule has 0 spiro atoms. The average Bonchev–Trinajstić information content (AvgIpc) is 2.94. The van der Waals surface area contributed by atoms with Crippen LogP contribution >= 0.6 is 0 Å². The molecule has 4 nitrogen and oxygen atoms in total. The highest BCUT2D eigenvalue weighted by molar-refractivity contribution is 5.57. The lowest BCUT2D eigenvalue weighted by Crippen LogP contribution is -2.49. The molecular weight excluding hydrogens is 214 g/mol. The molecule has 0 saturated carbocycles. The fraction of sp³-hybridized carbons (Fsp3) is 0.846. The van der Waals surface area contributed by atoms with Gasteiger partial charge in [-0.25, -0.2) is 16.6 Å². The molecule has 2 aliphatic heterocycles. The third-order valence-corrected chi connectivity index (χ3v) is 4.11. The minimum Gasteiger partial charge on any atom is -0.315 e. The van der Waals surface area contributed by atoms with E-state index in [-0.39, 0.29) is 6.04 Å². The molecule has 0 N–H and O–H groups in total. The second-order valence-corrected chi connectivity index (χ2v) is 5.14. The van der Waals surface area contributed by atoms with E-state index in [1.165, 1.54) is 6.42 Å². The Labute approximate surface area is 103 Å². The highest BCUT2D eigenvalue weighted by atomic mass is 16.1. The molecule has 0 radical (unpaired) electrons. The van der Waals surface area contributed by atoms with Crippen molar-refractivity contribution in [3.8, 4) is 0 Å². The number of nitrogens with zero attached hydrogens (tertiary/aromatic N) is 3. The maximum atomic E-state index is 11.1. The Kier molecular flexibility index (Phi) is 4.14. The van der Waals surface area contributed by atoms with E-state index in [1.807, 2.05) is 0 Å². The normalized spacial score (nSPS) is 34.9. The molecule has 0 unspecified atom stereocenters. The summed E-state index contributed by atoms with van der Waals surface area (Å²) in [5, 5.41) is 4.54. The Morgan fingerprint density at radius 2 is 2.29 bits per heavy atom. The number of hydrogen-bond donors (Lipinski definition) is 0. The lowest BCUT2D eigenvalue weighted by Gasteiger charge is -2.33. The fourth-order valence-corrected chi connectivity index (χ4v) is 3.11. The SMILES string of the molecule is [C-]#[N+]C[C@@H]1C[C@@H](CC)CN1N1CCC[C@H]1C=O. The van der Waals surface area contributed by atoms with Gasteiger partial charge in [0.2, 0.25) is 6.54 Å². The third kappa shape index (κ3) is 2.51. The van der Waals surface area contributed by atoms with Gasteiger partial charge in [0.05, 0.1) is 12.1 Å². The summed E-state index contributed by atoms with van der Waals surface area (Å²) in [5.41, 5.74) is 0. The molecule has 0 bridgehead atoms. The van der Waals surface area contributed by atoms with Crippen LogP contribution in [-0.2, 0) is 4.79 Å². The zero-order chi connectivity index (χ0) is 12.3. The van der Waals surface area contributed by atoms with Gasteiger partial charge >= 0.3 is 0 Å². The summed E-state index contributed by atoms with van der Waals surface area (Å²) in [6.45, 7) is 11.8. The van der Waals surface area contributed by atoms with Crippen molar-refractivity contribution in [2.24, 2.45) is 5.92 Å². The Bertz CT molecular complexity index is 312. The monoisotopic (exact) mass is 235 g/mol. The number of rotatable bonds is 4. The van der Waals surface area contributed by atoms with Gasteiger partial charge in [-0.1, -0.05) is 13.3 Å². The number of aldehydes is 1. The van der Waals surface area contributed by atoms with Gasteiger partial charge < -0.3 is 9.64 Å². The smallest absolute Gasteiger partial charge is 0.231 e. The van der Waals surface area contributed by atoms with Crippen molar-refractivity contribution in [1.82, 2.24) is 10.0 Å². The van der Waals surface area contributed by atoms with Crippen molar-refractivity contribution in [1.29, 1.82) is 0 Å². The van der Waals surface area contributed by atoms with Crippen LogP contribution in [0.5, 0.6) is 0 Å². The van der Waals surface area contributed by atoms with Crippen LogP contribution in [0.25, 0.3) is 4.85 Å². The van der Waals surface area contributed by atoms with Crippen molar-refractivity contribution in [2.45, 2.75) is 44.7 Å². The molecule has 0 aromatic carbocycles. The predicted octanol–water partition coefficient (Wildman–Crippen LogP) is 1.58. The average molecular weight is 235 g/mol. The van der Waals surface area contributed by atoms with Crippen molar-refractivity contribution < 1.29 is 4.79 Å². The van der Waals surface area contributed by atoms with Crippen LogP contribution in [0.15, 0.2) is 0 Å². The Morgan fingerprint density at radius 3 is 2.94 bits per heavy atom. The summed E-state index contributed by atoms with van der Waals surface area (Å²) >= 11 is 0. The van der Waals surface area contributed by atoms with E-state index in [1.54, 1.807) is 0 Å². The first-order chi connectivity index (χ1) is 8.30. The van der Waals surface area contributed by atoms with Gasteiger partial charge in [-0.2, -0.15) is 0 Å². The molecule has 2 fully saturated rings. The van der Waals surface area contributed by atoms with Gasteiger partial charge in [0.25, 0.3) is 0 Å². The largest absolute Gasteiger partial charge is 0.315 e. The van der Waals surface area contributed by atoms with E-state index in [9.17, 15) is 4.79 Å². The lowest BCUT2D eigenvalue weighted by molar-refractivity contribution is -0.119.